The molecule has 0 spiro atoms. The van der Waals surface area contributed by atoms with Gasteiger partial charge in [-0.25, -0.2) is 4.39 Å². The van der Waals surface area contributed by atoms with Gasteiger partial charge in [0, 0.05) is 11.0 Å². The van der Waals surface area contributed by atoms with E-state index in [9.17, 15) is 24.1 Å². The van der Waals surface area contributed by atoms with Crippen LogP contribution in [0.3, 0.4) is 0 Å². The molecule has 27 heavy (non-hydrogen) atoms. The number of halogens is 1. The lowest BCUT2D eigenvalue weighted by molar-refractivity contribution is -0.384. The lowest BCUT2D eigenvalue weighted by Crippen LogP contribution is -2.22. The van der Waals surface area contributed by atoms with Gasteiger partial charge >= 0.3 is 5.97 Å². The van der Waals surface area contributed by atoms with Gasteiger partial charge in [-0.15, -0.1) is 11.8 Å². The molecule has 0 aliphatic carbocycles. The monoisotopic (exact) mass is 392 g/mol. The van der Waals surface area contributed by atoms with Crippen molar-refractivity contribution < 1.29 is 23.6 Å². The number of carbonyl (C=O) groups excluding carboxylic acids is 2. The van der Waals surface area contributed by atoms with Crippen LogP contribution in [0.5, 0.6) is 0 Å². The molecule has 0 aliphatic heterocycles. The van der Waals surface area contributed by atoms with Gasteiger partial charge in [-0.3, -0.25) is 19.7 Å². The minimum atomic E-state index is -0.700. The smallest absolute Gasteiger partial charge is 0.316 e. The highest BCUT2D eigenvalue weighted by atomic mass is 32.2. The predicted molar refractivity (Wildman–Crippen MR) is 99.3 cm³/mol. The molecule has 0 atom stereocenters. The van der Waals surface area contributed by atoms with E-state index >= 15 is 0 Å². The van der Waals surface area contributed by atoms with E-state index in [1.807, 2.05) is 0 Å². The summed E-state index contributed by atoms with van der Waals surface area (Å²) in [6, 6.07) is 8.87. The van der Waals surface area contributed by atoms with Gasteiger partial charge in [0.05, 0.1) is 10.7 Å². The molecule has 7 nitrogen and oxygen atoms in total. The van der Waals surface area contributed by atoms with Gasteiger partial charge in [0.2, 0.25) is 0 Å². The maximum absolute atomic E-state index is 13.5. The van der Waals surface area contributed by atoms with E-state index in [1.54, 1.807) is 26.0 Å². The molecule has 0 heterocycles. The van der Waals surface area contributed by atoms with E-state index in [0.29, 0.717) is 10.5 Å². The number of benzene rings is 2. The van der Waals surface area contributed by atoms with Crippen LogP contribution in [-0.4, -0.2) is 29.2 Å². The zero-order valence-corrected chi connectivity index (χ0v) is 15.5. The van der Waals surface area contributed by atoms with E-state index in [4.69, 9.17) is 4.74 Å². The molecule has 0 saturated heterocycles. The van der Waals surface area contributed by atoms with Crippen LogP contribution < -0.4 is 5.32 Å². The van der Waals surface area contributed by atoms with Crippen molar-refractivity contribution in [1.29, 1.82) is 0 Å². The fraction of sp³-hybridized carbons (Fsp3) is 0.222. The number of aryl methyl sites for hydroxylation is 1. The van der Waals surface area contributed by atoms with E-state index in [0.717, 1.165) is 17.3 Å². The van der Waals surface area contributed by atoms with Crippen molar-refractivity contribution in [3.8, 4) is 0 Å². The van der Waals surface area contributed by atoms with Crippen LogP contribution >= 0.6 is 11.8 Å². The van der Waals surface area contributed by atoms with Crippen molar-refractivity contribution in [2.45, 2.75) is 18.7 Å². The van der Waals surface area contributed by atoms with Crippen molar-refractivity contribution in [2.24, 2.45) is 0 Å². The second kappa shape index (κ2) is 9.13. The summed E-state index contributed by atoms with van der Waals surface area (Å²) in [4.78, 5) is 34.5. The third-order valence-electron chi connectivity index (χ3n) is 3.72. The molecule has 1 amide bonds. The Morgan fingerprint density at radius 3 is 2.59 bits per heavy atom. The van der Waals surface area contributed by atoms with Crippen LogP contribution in [0.2, 0.25) is 0 Å². The Balaban J connectivity index is 1.91. The van der Waals surface area contributed by atoms with Gasteiger partial charge in [0.1, 0.15) is 11.5 Å². The maximum Gasteiger partial charge on any atom is 0.316 e. The van der Waals surface area contributed by atoms with Gasteiger partial charge in [0.25, 0.3) is 11.6 Å². The SMILES string of the molecule is Cc1ccc([N+](=O)[O-])c(NC(=O)COC(=O)CSc2ccccc2F)c1C. The molecular weight excluding hydrogens is 375 g/mol. The number of nitro benzene ring substituents is 1. The van der Waals surface area contributed by atoms with E-state index in [1.165, 1.54) is 24.3 Å². The summed E-state index contributed by atoms with van der Waals surface area (Å²) in [5.74, 6) is -2.02. The van der Waals surface area contributed by atoms with Crippen LogP contribution in [0.25, 0.3) is 0 Å². The molecule has 0 unspecified atom stereocenters. The average Bonchev–Trinajstić information content (AvgIpc) is 2.63. The Labute approximate surface area is 159 Å². The molecular formula is C18H17FN2O5S. The minimum absolute atomic E-state index is 0.0711. The van der Waals surface area contributed by atoms with Crippen molar-refractivity contribution >= 4 is 35.0 Å². The summed E-state index contributed by atoms with van der Waals surface area (Å²) in [5.41, 5.74) is 1.16. The second-order valence-electron chi connectivity index (χ2n) is 5.59. The maximum atomic E-state index is 13.5. The Bertz CT molecular complexity index is 888. The molecule has 1 N–H and O–H groups in total. The molecule has 0 aliphatic rings. The first kappa shape index (κ1) is 20.4. The Kier molecular flexibility index (Phi) is 6.89. The molecule has 9 heteroatoms. The van der Waals surface area contributed by atoms with Crippen molar-refractivity contribution in [3.05, 3.63) is 63.5 Å². The zero-order chi connectivity index (χ0) is 20.0. The second-order valence-corrected chi connectivity index (χ2v) is 6.60. The zero-order valence-electron chi connectivity index (χ0n) is 14.7. The number of thioether (sulfide) groups is 1. The number of nitrogens with zero attached hydrogens (tertiary/aromatic N) is 1. The molecule has 0 saturated carbocycles. The number of carbonyl (C=O) groups is 2. The normalized spacial score (nSPS) is 10.3. The van der Waals surface area contributed by atoms with Crippen LogP contribution in [-0.2, 0) is 14.3 Å². The predicted octanol–water partition coefficient (Wildman–Crippen LogP) is 3.62. The summed E-state index contributed by atoms with van der Waals surface area (Å²) in [7, 11) is 0. The van der Waals surface area contributed by atoms with Gasteiger partial charge < -0.3 is 10.1 Å². The van der Waals surface area contributed by atoms with Crippen molar-refractivity contribution in [2.75, 3.05) is 17.7 Å². The third-order valence-corrected chi connectivity index (χ3v) is 4.74. The van der Waals surface area contributed by atoms with Crippen LogP contribution in [0.4, 0.5) is 15.8 Å². The largest absolute Gasteiger partial charge is 0.455 e. The summed E-state index contributed by atoms with van der Waals surface area (Å²) >= 11 is 0.951. The van der Waals surface area contributed by atoms with Crippen molar-refractivity contribution in [1.82, 2.24) is 0 Å². The summed E-state index contributed by atoms with van der Waals surface area (Å²) in [5, 5.41) is 13.5. The number of ether oxygens (including phenoxy) is 1. The van der Waals surface area contributed by atoms with Gasteiger partial charge in [-0.05, 0) is 37.1 Å². The number of rotatable bonds is 7. The lowest BCUT2D eigenvalue weighted by atomic mass is 10.1. The van der Waals surface area contributed by atoms with Gasteiger partial charge in [0.15, 0.2) is 6.61 Å². The molecule has 2 aromatic rings. The Hall–Kier alpha value is -2.94. The molecule has 0 aromatic heterocycles. The first-order chi connectivity index (χ1) is 12.8. The summed E-state index contributed by atoms with van der Waals surface area (Å²) in [6.45, 7) is 2.81. The Morgan fingerprint density at radius 2 is 1.93 bits per heavy atom. The highest BCUT2D eigenvalue weighted by Gasteiger charge is 2.20. The first-order valence-corrected chi connectivity index (χ1v) is 8.85. The molecule has 142 valence electrons. The molecule has 0 bridgehead atoms. The number of hydrogen-bond acceptors (Lipinski definition) is 6. The number of hydrogen-bond donors (Lipinski definition) is 1. The Morgan fingerprint density at radius 1 is 1.22 bits per heavy atom. The quantitative estimate of drug-likeness (QED) is 0.334. The summed E-state index contributed by atoms with van der Waals surface area (Å²) in [6.07, 6.45) is 0. The highest BCUT2D eigenvalue weighted by molar-refractivity contribution is 8.00. The number of esters is 1. The van der Waals surface area contributed by atoms with E-state index in [2.05, 4.69) is 5.32 Å². The number of nitrogens with one attached hydrogen (secondary N) is 1. The van der Waals surface area contributed by atoms with Gasteiger partial charge in [-0.2, -0.15) is 0 Å². The number of anilines is 1. The number of amides is 1. The third kappa shape index (κ3) is 5.52. The molecule has 0 radical (unpaired) electrons. The summed E-state index contributed by atoms with van der Waals surface area (Å²) < 4.78 is 18.3. The standard InChI is InChI=1S/C18H17FN2O5S/c1-11-7-8-14(21(24)25)18(12(11)2)20-16(22)9-26-17(23)10-27-15-6-4-3-5-13(15)19/h3-8H,9-10H2,1-2H3,(H,20,22). The fourth-order valence-corrected chi connectivity index (χ4v) is 2.91. The first-order valence-electron chi connectivity index (χ1n) is 7.87. The van der Waals surface area contributed by atoms with Crippen LogP contribution in [0, 0.1) is 29.8 Å². The van der Waals surface area contributed by atoms with Crippen LogP contribution in [0.1, 0.15) is 11.1 Å². The molecule has 2 aromatic carbocycles. The fourth-order valence-electron chi connectivity index (χ4n) is 2.17. The average molecular weight is 392 g/mol. The van der Waals surface area contributed by atoms with E-state index in [-0.39, 0.29) is 17.1 Å². The van der Waals surface area contributed by atoms with E-state index < -0.39 is 29.2 Å². The number of nitro groups is 1. The lowest BCUT2D eigenvalue weighted by Gasteiger charge is -2.11. The van der Waals surface area contributed by atoms with Crippen LogP contribution in [0.15, 0.2) is 41.3 Å². The topological polar surface area (TPSA) is 98.5 Å². The molecule has 2 rings (SSSR count). The highest BCUT2D eigenvalue weighted by Crippen LogP contribution is 2.30. The van der Waals surface area contributed by atoms with Gasteiger partial charge in [-0.1, -0.05) is 18.2 Å². The minimum Gasteiger partial charge on any atom is -0.455 e. The molecule has 0 fully saturated rings. The van der Waals surface area contributed by atoms with Crippen molar-refractivity contribution in [3.63, 3.8) is 0 Å².